The van der Waals surface area contributed by atoms with Crippen molar-refractivity contribution in [2.24, 2.45) is 0 Å². The summed E-state index contributed by atoms with van der Waals surface area (Å²) < 4.78 is 14.5. The third-order valence-corrected chi connectivity index (χ3v) is 5.27. The van der Waals surface area contributed by atoms with Crippen LogP contribution in [0, 0.1) is 5.82 Å². The molecule has 0 unspecified atom stereocenters. The number of ketones is 1. The molecule has 2 aromatic carbocycles. The fraction of sp³-hybridized carbons (Fsp3) is 0.250. The van der Waals surface area contributed by atoms with Crippen molar-refractivity contribution in [3.63, 3.8) is 0 Å². The lowest BCUT2D eigenvalue weighted by Crippen LogP contribution is -2.12. The van der Waals surface area contributed by atoms with Gasteiger partial charge in [0.15, 0.2) is 11.6 Å². The number of benzene rings is 2. The summed E-state index contributed by atoms with van der Waals surface area (Å²) in [4.78, 5) is 12.4. The zero-order valence-electron chi connectivity index (χ0n) is 13.7. The van der Waals surface area contributed by atoms with Crippen LogP contribution < -0.4 is 0 Å². The van der Waals surface area contributed by atoms with E-state index in [1.54, 1.807) is 18.2 Å². The van der Waals surface area contributed by atoms with Crippen molar-refractivity contribution in [2.75, 3.05) is 0 Å². The zero-order valence-corrected chi connectivity index (χ0v) is 15.2. The summed E-state index contributed by atoms with van der Waals surface area (Å²) in [5, 5.41) is 10.3. The number of aliphatic hydroxyl groups is 1. The Labute approximate surface area is 155 Å². The van der Waals surface area contributed by atoms with E-state index in [1.165, 1.54) is 6.07 Å². The Kier molecular flexibility index (Phi) is 5.16. The Morgan fingerprint density at radius 3 is 2.56 bits per heavy atom. The first-order valence-corrected chi connectivity index (χ1v) is 8.92. The number of halogens is 3. The molecule has 0 saturated carbocycles. The number of hydrogen-bond donors (Lipinski definition) is 1. The molecule has 1 aliphatic carbocycles. The topological polar surface area (TPSA) is 37.3 Å². The lowest BCUT2D eigenvalue weighted by molar-refractivity contribution is -0.114. The lowest BCUT2D eigenvalue weighted by atomic mass is 9.86. The smallest absolute Gasteiger partial charge is 0.166 e. The van der Waals surface area contributed by atoms with Crippen molar-refractivity contribution < 1.29 is 14.3 Å². The van der Waals surface area contributed by atoms with Crippen molar-refractivity contribution in [3.8, 4) is 11.1 Å². The van der Waals surface area contributed by atoms with Gasteiger partial charge in [-0.05, 0) is 47.7 Å². The molecule has 0 fully saturated rings. The summed E-state index contributed by atoms with van der Waals surface area (Å²) >= 11 is 11.8. The van der Waals surface area contributed by atoms with Gasteiger partial charge >= 0.3 is 0 Å². The maximum absolute atomic E-state index is 14.5. The minimum atomic E-state index is -0.600. The number of aryl methyl sites for hydroxylation is 1. The monoisotopic (exact) mass is 378 g/mol. The molecule has 0 amide bonds. The average molecular weight is 379 g/mol. The number of Topliss-reactive ketones (excluding diaryl/α,β-unsaturated/α-hetero) is 1. The zero-order chi connectivity index (χ0) is 18.1. The summed E-state index contributed by atoms with van der Waals surface area (Å²) in [5.74, 6) is -0.569. The summed E-state index contributed by atoms with van der Waals surface area (Å²) in [5.41, 5.74) is 2.84. The SMILES string of the molecule is CCc1ccc(-c2ccc(Cl)c(Cl)c2F)cc1C1=C(O)CCCC1=O. The van der Waals surface area contributed by atoms with Crippen LogP contribution in [0.3, 0.4) is 0 Å². The molecule has 0 heterocycles. The maximum Gasteiger partial charge on any atom is 0.166 e. The normalized spacial score (nSPS) is 15.0. The molecule has 1 aliphatic rings. The van der Waals surface area contributed by atoms with Crippen molar-refractivity contribution in [1.29, 1.82) is 0 Å². The molecule has 0 radical (unpaired) electrons. The second kappa shape index (κ2) is 7.19. The van der Waals surface area contributed by atoms with E-state index in [1.807, 2.05) is 13.0 Å². The predicted octanol–water partition coefficient (Wildman–Crippen LogP) is 6.38. The van der Waals surface area contributed by atoms with E-state index in [2.05, 4.69) is 0 Å². The Balaban J connectivity index is 2.20. The number of carbonyl (C=O) groups is 1. The van der Waals surface area contributed by atoms with E-state index in [4.69, 9.17) is 23.2 Å². The number of hydrogen-bond acceptors (Lipinski definition) is 2. The third-order valence-electron chi connectivity index (χ3n) is 4.49. The predicted molar refractivity (Wildman–Crippen MR) is 99.6 cm³/mol. The van der Waals surface area contributed by atoms with Crippen molar-refractivity contribution >= 4 is 34.6 Å². The van der Waals surface area contributed by atoms with Crippen LogP contribution in [0.4, 0.5) is 4.39 Å². The molecule has 5 heteroatoms. The van der Waals surface area contributed by atoms with Gasteiger partial charge in [-0.15, -0.1) is 0 Å². The van der Waals surface area contributed by atoms with Gasteiger partial charge in [0.2, 0.25) is 0 Å². The highest BCUT2D eigenvalue weighted by Crippen LogP contribution is 2.36. The lowest BCUT2D eigenvalue weighted by Gasteiger charge is -2.19. The van der Waals surface area contributed by atoms with Crippen molar-refractivity contribution in [2.45, 2.75) is 32.6 Å². The molecular formula is C20H17Cl2FO2. The molecule has 1 N–H and O–H groups in total. The van der Waals surface area contributed by atoms with Crippen LogP contribution in [-0.4, -0.2) is 10.9 Å². The molecule has 130 valence electrons. The molecule has 0 bridgehead atoms. The molecular weight excluding hydrogens is 362 g/mol. The van der Waals surface area contributed by atoms with Gasteiger partial charge in [0.1, 0.15) is 5.76 Å². The fourth-order valence-corrected chi connectivity index (χ4v) is 3.48. The molecule has 0 atom stereocenters. The fourth-order valence-electron chi connectivity index (χ4n) is 3.17. The van der Waals surface area contributed by atoms with Crippen LogP contribution in [0.2, 0.25) is 10.0 Å². The van der Waals surface area contributed by atoms with E-state index in [9.17, 15) is 14.3 Å². The highest BCUT2D eigenvalue weighted by molar-refractivity contribution is 6.42. The third kappa shape index (κ3) is 3.31. The Morgan fingerprint density at radius 1 is 1.12 bits per heavy atom. The number of allylic oxidation sites excluding steroid dienone is 2. The van der Waals surface area contributed by atoms with Crippen LogP contribution >= 0.6 is 23.2 Å². The van der Waals surface area contributed by atoms with Gasteiger partial charge in [-0.3, -0.25) is 4.79 Å². The molecule has 2 nitrogen and oxygen atoms in total. The molecule has 0 aliphatic heterocycles. The van der Waals surface area contributed by atoms with E-state index >= 15 is 0 Å². The minimum absolute atomic E-state index is 0.0785. The van der Waals surface area contributed by atoms with Gasteiger partial charge in [0.25, 0.3) is 0 Å². The van der Waals surface area contributed by atoms with Crippen LogP contribution in [0.15, 0.2) is 36.1 Å². The van der Waals surface area contributed by atoms with E-state index < -0.39 is 5.82 Å². The van der Waals surface area contributed by atoms with Gasteiger partial charge in [-0.25, -0.2) is 4.39 Å². The van der Waals surface area contributed by atoms with Gasteiger partial charge in [0.05, 0.1) is 15.6 Å². The van der Waals surface area contributed by atoms with Crippen LogP contribution in [0.25, 0.3) is 16.7 Å². The van der Waals surface area contributed by atoms with Crippen molar-refractivity contribution in [3.05, 3.63) is 63.1 Å². The first-order valence-electron chi connectivity index (χ1n) is 8.16. The number of aliphatic hydroxyl groups excluding tert-OH is 1. The van der Waals surface area contributed by atoms with E-state index in [0.717, 1.165) is 5.56 Å². The van der Waals surface area contributed by atoms with Gasteiger partial charge in [-0.1, -0.05) is 42.3 Å². The summed E-state index contributed by atoms with van der Waals surface area (Å²) in [6.07, 6.45) is 2.24. The molecule has 25 heavy (non-hydrogen) atoms. The Bertz CT molecular complexity index is 888. The molecule has 0 saturated heterocycles. The Morgan fingerprint density at radius 2 is 1.88 bits per heavy atom. The highest BCUT2D eigenvalue weighted by Gasteiger charge is 2.24. The largest absolute Gasteiger partial charge is 0.512 e. The maximum atomic E-state index is 14.5. The molecule has 0 aromatic heterocycles. The molecule has 3 rings (SSSR count). The number of rotatable bonds is 3. The van der Waals surface area contributed by atoms with Crippen LogP contribution in [-0.2, 0) is 11.2 Å². The van der Waals surface area contributed by atoms with Gasteiger partial charge in [-0.2, -0.15) is 0 Å². The average Bonchev–Trinajstić information content (AvgIpc) is 2.60. The summed E-state index contributed by atoms with van der Waals surface area (Å²) in [7, 11) is 0. The molecule has 2 aromatic rings. The minimum Gasteiger partial charge on any atom is -0.512 e. The van der Waals surface area contributed by atoms with Gasteiger partial charge in [0, 0.05) is 18.4 Å². The first-order chi connectivity index (χ1) is 11.9. The quantitative estimate of drug-likeness (QED) is 0.628. The first kappa shape index (κ1) is 18.0. The van der Waals surface area contributed by atoms with E-state index in [-0.39, 0.29) is 21.6 Å². The van der Waals surface area contributed by atoms with Gasteiger partial charge < -0.3 is 5.11 Å². The second-order valence-corrected chi connectivity index (χ2v) is 6.83. The summed E-state index contributed by atoms with van der Waals surface area (Å²) in [6, 6.07) is 8.49. The highest BCUT2D eigenvalue weighted by atomic mass is 35.5. The standard InChI is InChI=1S/C20H17Cl2FO2/c1-2-11-6-7-12(13-8-9-15(21)19(22)20(13)23)10-14(11)18-16(24)4-3-5-17(18)25/h6-10,24H,2-5H2,1H3. The van der Waals surface area contributed by atoms with Crippen LogP contribution in [0.1, 0.15) is 37.3 Å². The molecule has 0 spiro atoms. The Hall–Kier alpha value is -1.84. The second-order valence-electron chi connectivity index (χ2n) is 6.05. The number of carbonyl (C=O) groups excluding carboxylic acids is 1. The van der Waals surface area contributed by atoms with Crippen LogP contribution in [0.5, 0.6) is 0 Å². The van der Waals surface area contributed by atoms with Crippen molar-refractivity contribution in [1.82, 2.24) is 0 Å². The van der Waals surface area contributed by atoms with E-state index in [0.29, 0.717) is 47.9 Å². The summed E-state index contributed by atoms with van der Waals surface area (Å²) in [6.45, 7) is 1.98.